The van der Waals surface area contributed by atoms with Crippen molar-refractivity contribution in [1.82, 2.24) is 0 Å². The number of hydrogen-bond donors (Lipinski definition) is 1. The van der Waals surface area contributed by atoms with Gasteiger partial charge in [0.2, 0.25) is 0 Å². The van der Waals surface area contributed by atoms with Crippen molar-refractivity contribution in [3.8, 4) is 0 Å². The van der Waals surface area contributed by atoms with E-state index >= 15 is 0 Å². The van der Waals surface area contributed by atoms with Gasteiger partial charge < -0.3 is 0 Å². The summed E-state index contributed by atoms with van der Waals surface area (Å²) < 4.78 is 31.5. The Morgan fingerprint density at radius 3 is 2.50 bits per heavy atom. The highest BCUT2D eigenvalue weighted by atomic mass is 32.2. The van der Waals surface area contributed by atoms with E-state index < -0.39 is 10.1 Å². The van der Waals surface area contributed by atoms with Gasteiger partial charge in [0.05, 0.1) is 5.69 Å². The molecule has 16 heavy (non-hydrogen) atoms. The minimum Gasteiger partial charge on any atom is -0.282 e. The summed E-state index contributed by atoms with van der Waals surface area (Å²) in [5.41, 5.74) is 1.77. The molecule has 5 heteroatoms. The summed E-state index contributed by atoms with van der Waals surface area (Å²) in [5, 5.41) is 0. The number of hydrogen-bond acceptors (Lipinski definition) is 3. The minimum atomic E-state index is -4.21. The lowest BCUT2D eigenvalue weighted by Gasteiger charge is -2.19. The molecule has 0 aromatic heterocycles. The lowest BCUT2D eigenvalue weighted by molar-refractivity contribution is 0.483. The molecule has 0 fully saturated rings. The van der Waals surface area contributed by atoms with E-state index in [9.17, 15) is 8.42 Å². The summed E-state index contributed by atoms with van der Waals surface area (Å²) in [4.78, 5) is 4.13. The van der Waals surface area contributed by atoms with Crippen LogP contribution in [0.5, 0.6) is 0 Å². The summed E-state index contributed by atoms with van der Waals surface area (Å²) in [7, 11) is -4.21. The van der Waals surface area contributed by atoms with Crippen LogP contribution in [0.1, 0.15) is 26.3 Å². The predicted octanol–water partition coefficient (Wildman–Crippen LogP) is 2.32. The van der Waals surface area contributed by atoms with Gasteiger partial charge in [0.15, 0.2) is 0 Å². The van der Waals surface area contributed by atoms with E-state index in [0.29, 0.717) is 5.69 Å². The first-order valence-corrected chi connectivity index (χ1v) is 6.35. The molecule has 0 amide bonds. The molecular weight excluding hydrogens is 226 g/mol. The topological polar surface area (TPSA) is 66.7 Å². The number of fused-ring (bicyclic) bond motifs is 1. The fourth-order valence-corrected chi connectivity index (χ4v) is 2.50. The first-order chi connectivity index (χ1) is 7.24. The van der Waals surface area contributed by atoms with Crippen LogP contribution in [0.15, 0.2) is 28.1 Å². The van der Waals surface area contributed by atoms with Crippen molar-refractivity contribution in [3.63, 3.8) is 0 Å². The molecule has 0 saturated carbocycles. The molecule has 1 heterocycles. The lowest BCUT2D eigenvalue weighted by atomic mass is 9.82. The van der Waals surface area contributed by atoms with Crippen LogP contribution in [0.25, 0.3) is 0 Å². The van der Waals surface area contributed by atoms with Gasteiger partial charge in [-0.15, -0.1) is 0 Å². The van der Waals surface area contributed by atoms with Crippen molar-refractivity contribution in [1.29, 1.82) is 0 Å². The fourth-order valence-electron chi connectivity index (χ4n) is 1.85. The third kappa shape index (κ3) is 1.47. The Hall–Kier alpha value is -1.20. The van der Waals surface area contributed by atoms with Gasteiger partial charge in [-0.2, -0.15) is 8.42 Å². The highest BCUT2D eigenvalue weighted by Gasteiger charge is 2.35. The number of aliphatic imine (C=N–C) groups is 1. The smallest absolute Gasteiger partial charge is 0.282 e. The van der Waals surface area contributed by atoms with E-state index in [1.807, 2.05) is 26.8 Å². The maximum absolute atomic E-state index is 11.2. The number of para-hydroxylation sites is 1. The van der Waals surface area contributed by atoms with E-state index in [2.05, 4.69) is 4.99 Å². The zero-order valence-corrected chi connectivity index (χ0v) is 10.2. The molecule has 2 rings (SSSR count). The molecule has 0 bridgehead atoms. The second-order valence-electron chi connectivity index (χ2n) is 4.45. The maximum Gasteiger partial charge on any atom is 0.296 e. The van der Waals surface area contributed by atoms with Gasteiger partial charge in [0.25, 0.3) is 10.1 Å². The standard InChI is InChI=1S/C11H13NO3S/c1-7-11(2,3)8-5-4-6-9(10(8)12-7)16(13,14)15/h4-6H,1-3H3,(H,13,14,15). The molecule has 4 nitrogen and oxygen atoms in total. The van der Waals surface area contributed by atoms with Crippen LogP contribution < -0.4 is 0 Å². The molecular formula is C11H13NO3S. The molecule has 1 aliphatic heterocycles. The van der Waals surface area contributed by atoms with Gasteiger partial charge >= 0.3 is 0 Å². The van der Waals surface area contributed by atoms with Crippen LogP contribution in [-0.2, 0) is 15.5 Å². The monoisotopic (exact) mass is 239 g/mol. The lowest BCUT2D eigenvalue weighted by Crippen LogP contribution is -2.22. The largest absolute Gasteiger partial charge is 0.296 e. The average molecular weight is 239 g/mol. The molecule has 1 aliphatic rings. The zero-order valence-electron chi connectivity index (χ0n) is 9.35. The van der Waals surface area contributed by atoms with Crippen molar-refractivity contribution >= 4 is 21.5 Å². The van der Waals surface area contributed by atoms with Gasteiger partial charge in [-0.25, -0.2) is 0 Å². The number of rotatable bonds is 1. The molecule has 0 aliphatic carbocycles. The van der Waals surface area contributed by atoms with Gasteiger partial charge in [-0.05, 0) is 18.6 Å². The van der Waals surface area contributed by atoms with E-state index in [4.69, 9.17) is 4.55 Å². The van der Waals surface area contributed by atoms with Crippen LogP contribution in [0.3, 0.4) is 0 Å². The summed E-state index contributed by atoms with van der Waals surface area (Å²) in [6, 6.07) is 4.83. The highest BCUT2D eigenvalue weighted by molar-refractivity contribution is 7.86. The van der Waals surface area contributed by atoms with Crippen LogP contribution in [-0.4, -0.2) is 18.7 Å². The Kier molecular flexibility index (Phi) is 2.22. The van der Waals surface area contributed by atoms with Crippen LogP contribution in [0.4, 0.5) is 5.69 Å². The third-order valence-corrected chi connectivity index (χ3v) is 4.02. The van der Waals surface area contributed by atoms with Crippen molar-refractivity contribution in [2.24, 2.45) is 4.99 Å². The van der Waals surface area contributed by atoms with Crippen molar-refractivity contribution < 1.29 is 13.0 Å². The molecule has 86 valence electrons. The van der Waals surface area contributed by atoms with Gasteiger partial charge in [-0.3, -0.25) is 9.55 Å². The minimum absolute atomic E-state index is 0.116. The van der Waals surface area contributed by atoms with E-state index in [1.165, 1.54) is 6.07 Å². The quantitative estimate of drug-likeness (QED) is 0.765. The molecule has 1 aromatic rings. The number of nitrogens with zero attached hydrogens (tertiary/aromatic N) is 1. The van der Waals surface area contributed by atoms with Gasteiger partial charge in [0, 0.05) is 11.1 Å². The second kappa shape index (κ2) is 3.15. The van der Waals surface area contributed by atoms with E-state index in [1.54, 1.807) is 6.07 Å². The number of benzene rings is 1. The third-order valence-electron chi connectivity index (χ3n) is 3.13. The molecule has 1 N–H and O–H groups in total. The molecule has 1 aromatic carbocycles. The summed E-state index contributed by atoms with van der Waals surface area (Å²) in [5.74, 6) is 0. The first-order valence-electron chi connectivity index (χ1n) is 4.91. The highest BCUT2D eigenvalue weighted by Crippen LogP contribution is 2.43. The Balaban J connectivity index is 2.80. The zero-order chi connectivity index (χ0) is 12.1. The second-order valence-corrected chi connectivity index (χ2v) is 5.84. The predicted molar refractivity (Wildman–Crippen MR) is 62.1 cm³/mol. The molecule has 0 spiro atoms. The molecule has 0 saturated heterocycles. The van der Waals surface area contributed by atoms with Crippen LogP contribution in [0.2, 0.25) is 0 Å². The molecule has 0 atom stereocenters. The van der Waals surface area contributed by atoms with Crippen molar-refractivity contribution in [3.05, 3.63) is 23.8 Å². The van der Waals surface area contributed by atoms with Crippen LogP contribution in [0, 0.1) is 0 Å². The Labute approximate surface area is 94.8 Å². The van der Waals surface area contributed by atoms with Crippen molar-refractivity contribution in [2.75, 3.05) is 0 Å². The first kappa shape index (κ1) is 11.3. The summed E-state index contributed by atoms with van der Waals surface area (Å²) >= 11 is 0. The Morgan fingerprint density at radius 1 is 1.31 bits per heavy atom. The average Bonchev–Trinajstić information content (AvgIpc) is 2.37. The van der Waals surface area contributed by atoms with Crippen LogP contribution >= 0.6 is 0 Å². The molecule has 0 unspecified atom stereocenters. The SMILES string of the molecule is CC1=Nc2c(cccc2S(=O)(=O)O)C1(C)C. The summed E-state index contributed by atoms with van der Waals surface area (Å²) in [6.45, 7) is 5.81. The maximum atomic E-state index is 11.2. The normalized spacial score (nSPS) is 18.1. The Morgan fingerprint density at radius 2 is 1.94 bits per heavy atom. The van der Waals surface area contributed by atoms with E-state index in [0.717, 1.165) is 11.3 Å². The summed E-state index contributed by atoms with van der Waals surface area (Å²) in [6.07, 6.45) is 0. The van der Waals surface area contributed by atoms with Crippen molar-refractivity contribution in [2.45, 2.75) is 31.1 Å². The van der Waals surface area contributed by atoms with Gasteiger partial charge in [0.1, 0.15) is 4.90 Å². The Bertz CT molecular complexity index is 585. The molecule has 0 radical (unpaired) electrons. The van der Waals surface area contributed by atoms with Gasteiger partial charge in [-0.1, -0.05) is 26.0 Å². The fraction of sp³-hybridized carbons (Fsp3) is 0.364. The van der Waals surface area contributed by atoms with E-state index in [-0.39, 0.29) is 10.3 Å².